The van der Waals surface area contributed by atoms with Crippen LogP contribution in [0.2, 0.25) is 0 Å². The molecule has 0 fully saturated rings. The van der Waals surface area contributed by atoms with Gasteiger partial charge in [-0.25, -0.2) is 4.39 Å². The summed E-state index contributed by atoms with van der Waals surface area (Å²) in [5.74, 6) is 2.55. The average molecular weight is 233 g/mol. The minimum atomic E-state index is -0.199. The molecule has 1 nitrogen and oxygen atoms in total. The molecular weight excluding hydrogens is 213 g/mol. The van der Waals surface area contributed by atoms with Crippen LogP contribution in [0.1, 0.15) is 44.7 Å². The molecule has 0 radical (unpaired) electrons. The topological polar surface area (TPSA) is 12.0 Å². The second-order valence-corrected chi connectivity index (χ2v) is 4.19. The summed E-state index contributed by atoms with van der Waals surface area (Å²) in [6, 6.07) is 6.89. The number of nitrogens with one attached hydrogen (secondary N) is 1. The Balaban J connectivity index is 2.75. The third kappa shape index (κ3) is 4.20. The Hall–Kier alpha value is -1.33. The third-order valence-corrected chi connectivity index (χ3v) is 2.84. The number of halogens is 1. The first-order chi connectivity index (χ1) is 8.21. The maximum Gasteiger partial charge on any atom is 0.123 e. The zero-order chi connectivity index (χ0) is 12.7. The monoisotopic (exact) mass is 233 g/mol. The fourth-order valence-corrected chi connectivity index (χ4v) is 1.92. The highest BCUT2D eigenvalue weighted by molar-refractivity contribution is 5.20. The Morgan fingerprint density at radius 1 is 1.41 bits per heavy atom. The third-order valence-electron chi connectivity index (χ3n) is 2.84. The predicted octanol–water partition coefficient (Wildman–Crippen LogP) is 3.67. The van der Waals surface area contributed by atoms with Crippen molar-refractivity contribution < 1.29 is 4.39 Å². The van der Waals surface area contributed by atoms with Crippen LogP contribution in [-0.4, -0.2) is 6.04 Å². The Labute approximate surface area is 103 Å². The lowest BCUT2D eigenvalue weighted by Crippen LogP contribution is -2.31. The molecular formula is C15H20FN. The van der Waals surface area contributed by atoms with Crippen molar-refractivity contribution in [1.82, 2.24) is 5.32 Å². The Morgan fingerprint density at radius 2 is 2.18 bits per heavy atom. The zero-order valence-corrected chi connectivity index (χ0v) is 10.5. The molecule has 2 atom stereocenters. The van der Waals surface area contributed by atoms with Crippen molar-refractivity contribution in [3.8, 4) is 12.3 Å². The summed E-state index contributed by atoms with van der Waals surface area (Å²) in [6.45, 7) is 4.18. The molecule has 17 heavy (non-hydrogen) atoms. The van der Waals surface area contributed by atoms with E-state index in [1.54, 1.807) is 12.1 Å². The summed E-state index contributed by atoms with van der Waals surface area (Å²) in [6.07, 6.45) is 8.37. The minimum absolute atomic E-state index is 0.0632. The van der Waals surface area contributed by atoms with E-state index in [0.29, 0.717) is 0 Å². The summed E-state index contributed by atoms with van der Waals surface area (Å²) in [5, 5.41) is 3.40. The van der Waals surface area contributed by atoms with E-state index in [0.717, 1.165) is 24.8 Å². The average Bonchev–Trinajstić information content (AvgIpc) is 2.34. The van der Waals surface area contributed by atoms with E-state index in [4.69, 9.17) is 6.42 Å². The number of rotatable bonds is 6. The van der Waals surface area contributed by atoms with Crippen molar-refractivity contribution in [2.24, 2.45) is 0 Å². The maximum absolute atomic E-state index is 13.2. The van der Waals surface area contributed by atoms with E-state index >= 15 is 0 Å². The zero-order valence-electron chi connectivity index (χ0n) is 10.5. The quantitative estimate of drug-likeness (QED) is 0.739. The molecule has 2 unspecified atom stereocenters. The first-order valence-corrected chi connectivity index (χ1v) is 6.18. The molecule has 1 rings (SSSR count). The summed E-state index contributed by atoms with van der Waals surface area (Å²) in [5.41, 5.74) is 0.962. The molecule has 0 aliphatic heterocycles. The van der Waals surface area contributed by atoms with Gasteiger partial charge in [-0.3, -0.25) is 5.32 Å². The van der Waals surface area contributed by atoms with Gasteiger partial charge in [0.2, 0.25) is 0 Å². The molecule has 0 aliphatic carbocycles. The molecule has 0 aromatic heterocycles. The van der Waals surface area contributed by atoms with Crippen LogP contribution in [-0.2, 0) is 0 Å². The lowest BCUT2D eigenvalue weighted by atomic mass is 10.0. The molecule has 0 heterocycles. The molecule has 0 aliphatic rings. The predicted molar refractivity (Wildman–Crippen MR) is 70.1 cm³/mol. The van der Waals surface area contributed by atoms with Crippen LogP contribution >= 0.6 is 0 Å². The van der Waals surface area contributed by atoms with Crippen LogP contribution in [0.15, 0.2) is 24.3 Å². The molecule has 92 valence electrons. The van der Waals surface area contributed by atoms with Gasteiger partial charge in [0.15, 0.2) is 0 Å². The summed E-state index contributed by atoms with van der Waals surface area (Å²) >= 11 is 0. The van der Waals surface area contributed by atoms with Crippen molar-refractivity contribution in [3.63, 3.8) is 0 Å². The molecule has 0 amide bonds. The van der Waals surface area contributed by atoms with Gasteiger partial charge in [-0.05, 0) is 30.5 Å². The van der Waals surface area contributed by atoms with Crippen LogP contribution in [0.25, 0.3) is 0 Å². The molecule has 0 saturated carbocycles. The molecule has 0 bridgehead atoms. The second kappa shape index (κ2) is 7.09. The number of terminal acetylenes is 1. The molecule has 0 saturated heterocycles. The smallest absolute Gasteiger partial charge is 0.123 e. The van der Waals surface area contributed by atoms with Gasteiger partial charge >= 0.3 is 0 Å². The Bertz CT molecular complexity index is 381. The van der Waals surface area contributed by atoms with E-state index < -0.39 is 0 Å². The molecule has 1 aromatic rings. The van der Waals surface area contributed by atoms with Crippen LogP contribution in [0.3, 0.4) is 0 Å². The highest BCUT2D eigenvalue weighted by atomic mass is 19.1. The fourth-order valence-electron chi connectivity index (χ4n) is 1.92. The van der Waals surface area contributed by atoms with Crippen molar-refractivity contribution in [3.05, 3.63) is 35.6 Å². The van der Waals surface area contributed by atoms with Gasteiger partial charge in [0.1, 0.15) is 5.82 Å². The molecule has 2 heteroatoms. The van der Waals surface area contributed by atoms with Crippen molar-refractivity contribution in [1.29, 1.82) is 0 Å². The maximum atomic E-state index is 13.2. The van der Waals surface area contributed by atoms with Crippen LogP contribution in [0.5, 0.6) is 0 Å². The van der Waals surface area contributed by atoms with Gasteiger partial charge in [0.25, 0.3) is 0 Å². The number of benzene rings is 1. The first kappa shape index (κ1) is 13.7. The number of hydrogen-bond acceptors (Lipinski definition) is 1. The van der Waals surface area contributed by atoms with E-state index in [9.17, 15) is 4.39 Å². The second-order valence-electron chi connectivity index (χ2n) is 4.19. The summed E-state index contributed by atoms with van der Waals surface area (Å²) in [7, 11) is 0. The lowest BCUT2D eigenvalue weighted by molar-refractivity contribution is 0.458. The van der Waals surface area contributed by atoms with Gasteiger partial charge < -0.3 is 0 Å². The van der Waals surface area contributed by atoms with Gasteiger partial charge in [-0.1, -0.05) is 38.3 Å². The van der Waals surface area contributed by atoms with Crippen LogP contribution < -0.4 is 5.32 Å². The Morgan fingerprint density at radius 3 is 2.71 bits per heavy atom. The summed E-state index contributed by atoms with van der Waals surface area (Å²) < 4.78 is 13.2. The molecule has 1 N–H and O–H groups in total. The van der Waals surface area contributed by atoms with E-state index in [-0.39, 0.29) is 17.9 Å². The normalized spacial score (nSPS) is 14.0. The number of hydrogen-bond donors (Lipinski definition) is 1. The fraction of sp³-hybridized carbons (Fsp3) is 0.467. The largest absolute Gasteiger partial charge is 0.297 e. The highest BCUT2D eigenvalue weighted by Crippen LogP contribution is 2.18. The van der Waals surface area contributed by atoms with Crippen molar-refractivity contribution in [2.75, 3.05) is 0 Å². The Kier molecular flexibility index (Phi) is 5.72. The van der Waals surface area contributed by atoms with Gasteiger partial charge in [-0.15, -0.1) is 6.42 Å². The molecule has 0 spiro atoms. The van der Waals surface area contributed by atoms with E-state index in [2.05, 4.69) is 25.1 Å². The SMILES string of the molecule is C#CC(CCC)NC(CC)c1cccc(F)c1. The molecule has 1 aromatic carbocycles. The minimum Gasteiger partial charge on any atom is -0.297 e. The van der Waals surface area contributed by atoms with Crippen LogP contribution in [0, 0.1) is 18.2 Å². The first-order valence-electron chi connectivity index (χ1n) is 6.18. The van der Waals surface area contributed by atoms with Gasteiger partial charge in [0.05, 0.1) is 6.04 Å². The summed E-state index contributed by atoms with van der Waals surface area (Å²) in [4.78, 5) is 0. The van der Waals surface area contributed by atoms with Crippen molar-refractivity contribution >= 4 is 0 Å². The lowest BCUT2D eigenvalue weighted by Gasteiger charge is -2.21. The van der Waals surface area contributed by atoms with Gasteiger partial charge in [0, 0.05) is 6.04 Å². The van der Waals surface area contributed by atoms with Crippen LogP contribution in [0.4, 0.5) is 4.39 Å². The van der Waals surface area contributed by atoms with E-state index in [1.807, 2.05) is 6.07 Å². The van der Waals surface area contributed by atoms with Gasteiger partial charge in [-0.2, -0.15) is 0 Å². The van der Waals surface area contributed by atoms with E-state index in [1.165, 1.54) is 6.07 Å². The highest BCUT2D eigenvalue weighted by Gasteiger charge is 2.13. The van der Waals surface area contributed by atoms with Crippen molar-refractivity contribution in [2.45, 2.75) is 45.2 Å². The standard InChI is InChI=1S/C15H20FN/c1-4-8-14(5-2)17-15(6-3)12-9-7-10-13(16)11-12/h2,7,9-11,14-15,17H,4,6,8H2,1,3H3.